The van der Waals surface area contributed by atoms with Gasteiger partial charge in [0.2, 0.25) is 5.91 Å². The van der Waals surface area contributed by atoms with Gasteiger partial charge in [-0.3, -0.25) is 9.89 Å². The molecule has 0 bridgehead atoms. The number of nitrogens with zero attached hydrogens (tertiary/aromatic N) is 5. The minimum absolute atomic E-state index is 0.0406. The summed E-state index contributed by atoms with van der Waals surface area (Å²) in [5.74, 6) is 0.564. The molecular weight excluding hydrogens is 362 g/mol. The number of aromatic nitrogens is 6. The van der Waals surface area contributed by atoms with Gasteiger partial charge in [0.05, 0.1) is 17.1 Å². The Morgan fingerprint density at radius 3 is 2.89 bits per heavy atom. The SMILES string of the molecule is Cc1n[nH]c(C)c1CCC(=O)NCc1nnc2ccc(-c3cccs3)nn12. The van der Waals surface area contributed by atoms with Crippen LogP contribution in [0.2, 0.25) is 0 Å². The summed E-state index contributed by atoms with van der Waals surface area (Å²) in [5, 5.41) is 24.9. The van der Waals surface area contributed by atoms with Gasteiger partial charge in [0, 0.05) is 12.1 Å². The van der Waals surface area contributed by atoms with Crippen LogP contribution in [-0.4, -0.2) is 35.9 Å². The molecule has 0 spiro atoms. The van der Waals surface area contributed by atoms with Gasteiger partial charge in [0.15, 0.2) is 11.5 Å². The first kappa shape index (κ1) is 17.3. The summed E-state index contributed by atoms with van der Waals surface area (Å²) in [6.07, 6.45) is 1.05. The van der Waals surface area contributed by atoms with Crippen LogP contribution >= 0.6 is 11.3 Å². The fourth-order valence-corrected chi connectivity index (χ4v) is 3.64. The van der Waals surface area contributed by atoms with E-state index in [9.17, 15) is 4.79 Å². The van der Waals surface area contributed by atoms with E-state index >= 15 is 0 Å². The molecule has 0 aliphatic carbocycles. The number of rotatable bonds is 6. The molecule has 0 saturated heterocycles. The van der Waals surface area contributed by atoms with Crippen LogP contribution in [0.5, 0.6) is 0 Å². The van der Waals surface area contributed by atoms with E-state index in [0.717, 1.165) is 27.5 Å². The second-order valence-corrected chi connectivity index (χ2v) is 7.22. The molecule has 0 unspecified atom stereocenters. The van der Waals surface area contributed by atoms with Crippen molar-refractivity contribution >= 4 is 22.9 Å². The highest BCUT2D eigenvalue weighted by Gasteiger charge is 2.12. The number of aromatic amines is 1. The Kier molecular flexibility index (Phi) is 4.68. The number of carbonyl (C=O) groups excluding carboxylic acids is 1. The largest absolute Gasteiger partial charge is 0.349 e. The Bertz CT molecular complexity index is 1060. The highest BCUT2D eigenvalue weighted by atomic mass is 32.1. The lowest BCUT2D eigenvalue weighted by molar-refractivity contribution is -0.121. The predicted molar refractivity (Wildman–Crippen MR) is 102 cm³/mol. The number of carbonyl (C=O) groups is 1. The minimum atomic E-state index is -0.0406. The summed E-state index contributed by atoms with van der Waals surface area (Å²) in [4.78, 5) is 13.3. The van der Waals surface area contributed by atoms with Crippen molar-refractivity contribution < 1.29 is 4.79 Å². The summed E-state index contributed by atoms with van der Waals surface area (Å²) >= 11 is 1.62. The summed E-state index contributed by atoms with van der Waals surface area (Å²) in [6.45, 7) is 4.19. The monoisotopic (exact) mass is 381 g/mol. The molecule has 0 aliphatic heterocycles. The van der Waals surface area contributed by atoms with E-state index in [0.29, 0.717) is 24.3 Å². The molecule has 4 heterocycles. The van der Waals surface area contributed by atoms with Crippen molar-refractivity contribution in [3.05, 3.63) is 52.4 Å². The highest BCUT2D eigenvalue weighted by molar-refractivity contribution is 7.13. The Hall–Kier alpha value is -3.07. The van der Waals surface area contributed by atoms with E-state index in [-0.39, 0.29) is 12.5 Å². The number of aryl methyl sites for hydroxylation is 2. The average Bonchev–Trinajstić information content (AvgIpc) is 3.39. The maximum absolute atomic E-state index is 12.2. The molecule has 4 aromatic rings. The third kappa shape index (κ3) is 3.59. The first-order valence-corrected chi connectivity index (χ1v) is 9.52. The molecule has 0 fully saturated rings. The molecule has 0 radical (unpaired) electrons. The van der Waals surface area contributed by atoms with Gasteiger partial charge in [0.1, 0.15) is 5.69 Å². The van der Waals surface area contributed by atoms with Crippen LogP contribution in [0.4, 0.5) is 0 Å². The molecule has 4 aromatic heterocycles. The molecular formula is C18H19N7OS. The van der Waals surface area contributed by atoms with Crippen molar-refractivity contribution in [2.24, 2.45) is 0 Å². The van der Waals surface area contributed by atoms with Crippen LogP contribution in [-0.2, 0) is 17.8 Å². The molecule has 27 heavy (non-hydrogen) atoms. The van der Waals surface area contributed by atoms with Crippen LogP contribution < -0.4 is 5.32 Å². The lowest BCUT2D eigenvalue weighted by Crippen LogP contribution is -2.24. The van der Waals surface area contributed by atoms with Gasteiger partial charge >= 0.3 is 0 Å². The predicted octanol–water partition coefficient (Wildman–Crippen LogP) is 2.44. The molecule has 2 N–H and O–H groups in total. The zero-order valence-electron chi connectivity index (χ0n) is 15.1. The normalized spacial score (nSPS) is 11.2. The maximum Gasteiger partial charge on any atom is 0.220 e. The molecule has 9 heteroatoms. The molecule has 4 rings (SSSR count). The molecule has 8 nitrogen and oxygen atoms in total. The van der Waals surface area contributed by atoms with Crippen LogP contribution in [0.15, 0.2) is 29.6 Å². The summed E-state index contributed by atoms with van der Waals surface area (Å²) in [6, 6.07) is 7.81. The smallest absolute Gasteiger partial charge is 0.220 e. The maximum atomic E-state index is 12.2. The highest BCUT2D eigenvalue weighted by Crippen LogP contribution is 2.22. The fraction of sp³-hybridized carbons (Fsp3) is 0.278. The van der Waals surface area contributed by atoms with Gasteiger partial charge in [-0.1, -0.05) is 6.07 Å². The summed E-state index contributed by atoms with van der Waals surface area (Å²) < 4.78 is 1.68. The van der Waals surface area contributed by atoms with Crippen LogP contribution in [0, 0.1) is 13.8 Å². The molecule has 0 saturated carbocycles. The fourth-order valence-electron chi connectivity index (χ4n) is 2.95. The van der Waals surface area contributed by atoms with Crippen LogP contribution in [0.3, 0.4) is 0 Å². The second-order valence-electron chi connectivity index (χ2n) is 6.27. The second kappa shape index (κ2) is 7.28. The van der Waals surface area contributed by atoms with Crippen molar-refractivity contribution in [2.75, 3.05) is 0 Å². The quantitative estimate of drug-likeness (QED) is 0.534. The van der Waals surface area contributed by atoms with Gasteiger partial charge in [-0.15, -0.1) is 21.5 Å². The van der Waals surface area contributed by atoms with Crippen molar-refractivity contribution in [2.45, 2.75) is 33.2 Å². The van der Waals surface area contributed by atoms with E-state index in [4.69, 9.17) is 0 Å². The lowest BCUT2D eigenvalue weighted by Gasteiger charge is -2.05. The Morgan fingerprint density at radius 2 is 2.15 bits per heavy atom. The summed E-state index contributed by atoms with van der Waals surface area (Å²) in [5.41, 5.74) is 4.56. The van der Waals surface area contributed by atoms with Crippen LogP contribution in [0.1, 0.15) is 29.2 Å². The van der Waals surface area contributed by atoms with Gasteiger partial charge < -0.3 is 5.32 Å². The summed E-state index contributed by atoms with van der Waals surface area (Å²) in [7, 11) is 0. The molecule has 138 valence electrons. The van der Waals surface area contributed by atoms with E-state index in [2.05, 4.69) is 30.8 Å². The Morgan fingerprint density at radius 1 is 1.26 bits per heavy atom. The standard InChI is InChI=1S/C18H19N7OS/c1-11-13(12(2)21-20-11)5-8-18(26)19-10-17-23-22-16-7-6-14(24-25(16)17)15-4-3-9-27-15/h3-4,6-7,9H,5,8,10H2,1-2H3,(H,19,26)(H,20,21). The van der Waals surface area contributed by atoms with E-state index in [1.807, 2.05) is 43.5 Å². The number of nitrogens with one attached hydrogen (secondary N) is 2. The van der Waals surface area contributed by atoms with Gasteiger partial charge in [-0.05, 0) is 49.4 Å². The zero-order valence-corrected chi connectivity index (χ0v) is 15.9. The Balaban J connectivity index is 1.42. The molecule has 0 aromatic carbocycles. The number of H-pyrrole nitrogens is 1. The van der Waals surface area contributed by atoms with E-state index in [1.54, 1.807) is 15.9 Å². The van der Waals surface area contributed by atoms with Gasteiger partial charge in [-0.2, -0.15) is 14.7 Å². The number of hydrogen-bond donors (Lipinski definition) is 2. The molecule has 0 aliphatic rings. The number of fused-ring (bicyclic) bond motifs is 1. The van der Waals surface area contributed by atoms with Gasteiger partial charge in [-0.25, -0.2) is 0 Å². The van der Waals surface area contributed by atoms with Crippen molar-refractivity contribution in [3.63, 3.8) is 0 Å². The number of hydrogen-bond acceptors (Lipinski definition) is 6. The first-order valence-electron chi connectivity index (χ1n) is 8.64. The number of thiophene rings is 1. The van der Waals surface area contributed by atoms with Crippen molar-refractivity contribution in [1.29, 1.82) is 0 Å². The topological polar surface area (TPSA) is 101 Å². The third-order valence-corrected chi connectivity index (χ3v) is 5.32. The molecule has 0 atom stereocenters. The minimum Gasteiger partial charge on any atom is -0.349 e. The van der Waals surface area contributed by atoms with Gasteiger partial charge in [0.25, 0.3) is 0 Å². The molecule has 1 amide bonds. The first-order chi connectivity index (χ1) is 13.1. The lowest BCUT2D eigenvalue weighted by atomic mass is 10.1. The number of amides is 1. The van der Waals surface area contributed by atoms with Crippen molar-refractivity contribution in [3.8, 4) is 10.6 Å². The van der Waals surface area contributed by atoms with E-state index < -0.39 is 0 Å². The Labute approximate surface area is 159 Å². The van der Waals surface area contributed by atoms with Crippen LogP contribution in [0.25, 0.3) is 16.2 Å². The third-order valence-electron chi connectivity index (χ3n) is 4.43. The van der Waals surface area contributed by atoms with Crippen molar-refractivity contribution in [1.82, 2.24) is 35.3 Å². The average molecular weight is 381 g/mol. The zero-order chi connectivity index (χ0) is 18.8. The van der Waals surface area contributed by atoms with E-state index in [1.165, 1.54) is 0 Å².